The number of fused-ring (bicyclic) bond motifs is 1. The number of carbonyl (C=O) groups is 1. The van der Waals surface area contributed by atoms with Crippen molar-refractivity contribution in [3.05, 3.63) is 29.6 Å². The molecule has 0 bridgehead atoms. The second-order valence-corrected chi connectivity index (χ2v) is 4.60. The summed E-state index contributed by atoms with van der Waals surface area (Å²) in [6.45, 7) is 5.20. The molecule has 2 aromatic rings. The minimum atomic E-state index is -0.00731. The summed E-state index contributed by atoms with van der Waals surface area (Å²) < 4.78 is 0. The normalized spacial score (nSPS) is 16.2. The monoisotopic (exact) mass is 244 g/mol. The van der Waals surface area contributed by atoms with Gasteiger partial charge in [0.2, 0.25) is 0 Å². The van der Waals surface area contributed by atoms with Crippen LogP contribution in [0.5, 0.6) is 0 Å². The first-order valence-corrected chi connectivity index (χ1v) is 6.21. The molecule has 0 saturated carbocycles. The van der Waals surface area contributed by atoms with Crippen molar-refractivity contribution in [1.82, 2.24) is 20.2 Å². The van der Waals surface area contributed by atoms with Crippen LogP contribution in [0.25, 0.3) is 11.0 Å². The van der Waals surface area contributed by atoms with Crippen molar-refractivity contribution < 1.29 is 4.79 Å². The number of carbonyl (C=O) groups excluding carboxylic acids is 1. The Bertz CT molecular complexity index is 584. The number of H-pyrrole nitrogens is 1. The largest absolute Gasteiger partial charge is 0.334 e. The summed E-state index contributed by atoms with van der Waals surface area (Å²) in [5, 5.41) is 3.23. The van der Waals surface area contributed by atoms with Gasteiger partial charge in [0.25, 0.3) is 5.91 Å². The van der Waals surface area contributed by atoms with Gasteiger partial charge >= 0.3 is 0 Å². The van der Waals surface area contributed by atoms with Gasteiger partial charge in [0.05, 0.1) is 11.0 Å². The molecule has 0 spiro atoms. The highest BCUT2D eigenvalue weighted by atomic mass is 16.2. The molecular formula is C13H16N4O. The molecule has 3 rings (SSSR count). The Hall–Kier alpha value is -1.88. The molecule has 0 radical (unpaired) electrons. The molecule has 18 heavy (non-hydrogen) atoms. The van der Waals surface area contributed by atoms with E-state index >= 15 is 0 Å². The lowest BCUT2D eigenvalue weighted by atomic mass is 10.2. The van der Waals surface area contributed by atoms with E-state index in [0.29, 0.717) is 5.82 Å². The van der Waals surface area contributed by atoms with Crippen LogP contribution in [0.3, 0.4) is 0 Å². The van der Waals surface area contributed by atoms with Crippen LogP contribution in [0.4, 0.5) is 0 Å². The van der Waals surface area contributed by atoms with Crippen LogP contribution in [0.2, 0.25) is 0 Å². The molecule has 0 aliphatic carbocycles. The fraction of sp³-hybridized carbons (Fsp3) is 0.385. The lowest BCUT2D eigenvalue weighted by Gasteiger charge is -2.26. The van der Waals surface area contributed by atoms with Gasteiger partial charge in [0, 0.05) is 26.2 Å². The molecule has 5 heteroatoms. The SMILES string of the molecule is Cc1cccc2[nH]c(C(=O)N3CCNCC3)nc12. The van der Waals surface area contributed by atoms with Crippen molar-refractivity contribution in [3.63, 3.8) is 0 Å². The predicted molar refractivity (Wildman–Crippen MR) is 69.6 cm³/mol. The Morgan fingerprint density at radius 1 is 1.33 bits per heavy atom. The Labute approximate surface area is 105 Å². The Morgan fingerprint density at radius 2 is 2.11 bits per heavy atom. The Kier molecular flexibility index (Phi) is 2.76. The van der Waals surface area contributed by atoms with Crippen LogP contribution in [0, 0.1) is 6.92 Å². The Balaban J connectivity index is 1.94. The first kappa shape index (κ1) is 11.2. The average Bonchev–Trinajstić information content (AvgIpc) is 2.84. The third kappa shape index (κ3) is 1.86. The molecule has 1 aliphatic heterocycles. The van der Waals surface area contributed by atoms with Gasteiger partial charge in [0.15, 0.2) is 5.82 Å². The minimum absolute atomic E-state index is 0.00731. The zero-order valence-electron chi connectivity index (χ0n) is 10.4. The van der Waals surface area contributed by atoms with Crippen molar-refractivity contribution in [2.45, 2.75) is 6.92 Å². The summed E-state index contributed by atoms with van der Waals surface area (Å²) in [6.07, 6.45) is 0. The number of aryl methyl sites for hydroxylation is 1. The lowest BCUT2D eigenvalue weighted by Crippen LogP contribution is -2.46. The number of rotatable bonds is 1. The van der Waals surface area contributed by atoms with Crippen LogP contribution >= 0.6 is 0 Å². The number of nitrogens with zero attached hydrogens (tertiary/aromatic N) is 2. The predicted octanol–water partition coefficient (Wildman–Crippen LogP) is 0.917. The number of amides is 1. The first-order valence-electron chi connectivity index (χ1n) is 6.21. The fourth-order valence-corrected chi connectivity index (χ4v) is 2.29. The van der Waals surface area contributed by atoms with Crippen LogP contribution in [0.15, 0.2) is 18.2 Å². The highest BCUT2D eigenvalue weighted by Gasteiger charge is 2.21. The molecule has 1 aromatic heterocycles. The average molecular weight is 244 g/mol. The number of nitrogens with one attached hydrogen (secondary N) is 2. The third-order valence-electron chi connectivity index (χ3n) is 3.32. The Morgan fingerprint density at radius 3 is 2.83 bits per heavy atom. The number of imidazole rings is 1. The van der Waals surface area contributed by atoms with Crippen molar-refractivity contribution in [3.8, 4) is 0 Å². The van der Waals surface area contributed by atoms with Crippen molar-refractivity contribution in [2.75, 3.05) is 26.2 Å². The van der Waals surface area contributed by atoms with E-state index in [2.05, 4.69) is 15.3 Å². The molecule has 5 nitrogen and oxygen atoms in total. The second-order valence-electron chi connectivity index (χ2n) is 4.60. The molecule has 94 valence electrons. The topological polar surface area (TPSA) is 61.0 Å². The summed E-state index contributed by atoms with van der Waals surface area (Å²) in [5.41, 5.74) is 2.90. The van der Waals surface area contributed by atoms with Crippen LogP contribution in [0.1, 0.15) is 16.2 Å². The minimum Gasteiger partial charge on any atom is -0.334 e. The zero-order chi connectivity index (χ0) is 12.5. The number of hydrogen-bond acceptors (Lipinski definition) is 3. The van der Waals surface area contributed by atoms with E-state index in [0.717, 1.165) is 42.8 Å². The van der Waals surface area contributed by atoms with E-state index < -0.39 is 0 Å². The number of benzene rings is 1. The van der Waals surface area contributed by atoms with E-state index in [4.69, 9.17) is 0 Å². The van der Waals surface area contributed by atoms with Gasteiger partial charge in [-0.15, -0.1) is 0 Å². The highest BCUT2D eigenvalue weighted by molar-refractivity contribution is 5.94. The zero-order valence-corrected chi connectivity index (χ0v) is 10.4. The smallest absolute Gasteiger partial charge is 0.289 e. The summed E-state index contributed by atoms with van der Waals surface area (Å²) >= 11 is 0. The first-order chi connectivity index (χ1) is 8.75. The van der Waals surface area contributed by atoms with Crippen molar-refractivity contribution >= 4 is 16.9 Å². The van der Waals surface area contributed by atoms with Crippen LogP contribution < -0.4 is 5.32 Å². The number of para-hydroxylation sites is 1. The van der Waals surface area contributed by atoms with Crippen molar-refractivity contribution in [2.24, 2.45) is 0 Å². The summed E-state index contributed by atoms with van der Waals surface area (Å²) in [5.74, 6) is 0.438. The molecule has 1 fully saturated rings. The molecule has 1 amide bonds. The molecule has 1 aliphatic rings. The fourth-order valence-electron chi connectivity index (χ4n) is 2.29. The number of aromatic nitrogens is 2. The molecular weight excluding hydrogens is 228 g/mol. The quantitative estimate of drug-likeness (QED) is 0.784. The van der Waals surface area contributed by atoms with E-state index in [-0.39, 0.29) is 5.91 Å². The second kappa shape index (κ2) is 4.42. The molecule has 1 saturated heterocycles. The molecule has 1 aromatic carbocycles. The summed E-state index contributed by atoms with van der Waals surface area (Å²) in [7, 11) is 0. The van der Waals surface area contributed by atoms with Gasteiger partial charge in [-0.25, -0.2) is 4.98 Å². The summed E-state index contributed by atoms with van der Waals surface area (Å²) in [6, 6.07) is 5.92. The van der Waals surface area contributed by atoms with Gasteiger partial charge in [-0.2, -0.15) is 0 Å². The molecule has 0 unspecified atom stereocenters. The maximum Gasteiger partial charge on any atom is 0.289 e. The molecule has 2 N–H and O–H groups in total. The van der Waals surface area contributed by atoms with Crippen LogP contribution in [-0.4, -0.2) is 47.0 Å². The van der Waals surface area contributed by atoms with E-state index in [1.54, 1.807) is 0 Å². The van der Waals surface area contributed by atoms with E-state index in [9.17, 15) is 4.79 Å². The molecule has 0 atom stereocenters. The van der Waals surface area contributed by atoms with Crippen LogP contribution in [-0.2, 0) is 0 Å². The number of piperazine rings is 1. The summed E-state index contributed by atoms with van der Waals surface area (Å²) in [4.78, 5) is 21.7. The standard InChI is InChI=1S/C13H16N4O/c1-9-3-2-4-10-11(9)16-12(15-10)13(18)17-7-5-14-6-8-17/h2-4,14H,5-8H2,1H3,(H,15,16). The van der Waals surface area contributed by atoms with E-state index in [1.165, 1.54) is 0 Å². The van der Waals surface area contributed by atoms with Gasteiger partial charge in [-0.05, 0) is 18.6 Å². The molecule has 2 heterocycles. The van der Waals surface area contributed by atoms with Gasteiger partial charge < -0.3 is 15.2 Å². The highest BCUT2D eigenvalue weighted by Crippen LogP contribution is 2.16. The van der Waals surface area contributed by atoms with Gasteiger partial charge in [-0.1, -0.05) is 12.1 Å². The van der Waals surface area contributed by atoms with E-state index in [1.807, 2.05) is 30.0 Å². The third-order valence-corrected chi connectivity index (χ3v) is 3.32. The number of aromatic amines is 1. The lowest BCUT2D eigenvalue weighted by molar-refractivity contribution is 0.0725. The van der Waals surface area contributed by atoms with Gasteiger partial charge in [0.1, 0.15) is 0 Å². The maximum absolute atomic E-state index is 12.3. The maximum atomic E-state index is 12.3. The number of hydrogen-bond donors (Lipinski definition) is 2. The van der Waals surface area contributed by atoms with Crippen molar-refractivity contribution in [1.29, 1.82) is 0 Å². The van der Waals surface area contributed by atoms with Gasteiger partial charge in [-0.3, -0.25) is 4.79 Å².